The third-order valence-corrected chi connectivity index (χ3v) is 8.82. The molecule has 3 heterocycles. The van der Waals surface area contributed by atoms with Crippen LogP contribution in [0.4, 0.5) is 0 Å². The quantitative estimate of drug-likeness (QED) is 0.689. The molecule has 0 radical (unpaired) electrons. The predicted molar refractivity (Wildman–Crippen MR) is 127 cm³/mol. The highest BCUT2D eigenvalue weighted by molar-refractivity contribution is 7.89. The molecule has 2 aromatic rings. The van der Waals surface area contributed by atoms with Gasteiger partial charge in [-0.05, 0) is 63.4 Å². The summed E-state index contributed by atoms with van der Waals surface area (Å²) in [7, 11) is -3.48. The van der Waals surface area contributed by atoms with E-state index in [0.29, 0.717) is 30.6 Å². The summed E-state index contributed by atoms with van der Waals surface area (Å²) in [5, 5.41) is 3.88. The largest absolute Gasteiger partial charge is 0.353 e. The molecule has 4 rings (SSSR count). The summed E-state index contributed by atoms with van der Waals surface area (Å²) >= 11 is 0. The Morgan fingerprint density at radius 1 is 1.03 bits per heavy atom. The van der Waals surface area contributed by atoms with E-state index in [9.17, 15) is 13.2 Å². The maximum absolute atomic E-state index is 13.1. The molecule has 0 spiro atoms. The topological polar surface area (TPSA) is 74.6 Å². The summed E-state index contributed by atoms with van der Waals surface area (Å²) in [5.74, 6) is -0.0200. The van der Waals surface area contributed by atoms with Crippen molar-refractivity contribution >= 4 is 26.8 Å². The van der Waals surface area contributed by atoms with Crippen LogP contribution < -0.4 is 5.32 Å². The van der Waals surface area contributed by atoms with Gasteiger partial charge in [0.2, 0.25) is 15.9 Å². The summed E-state index contributed by atoms with van der Waals surface area (Å²) in [6.07, 6.45) is 9.65. The van der Waals surface area contributed by atoms with E-state index in [1.165, 1.54) is 19.3 Å². The number of fused-ring (bicyclic) bond motifs is 1. The summed E-state index contributed by atoms with van der Waals surface area (Å²) < 4.78 is 29.7. The molecule has 1 aromatic carbocycles. The zero-order valence-electron chi connectivity index (χ0n) is 19.1. The van der Waals surface area contributed by atoms with Gasteiger partial charge in [-0.3, -0.25) is 9.69 Å². The van der Waals surface area contributed by atoms with E-state index in [1.807, 2.05) is 22.9 Å². The molecule has 2 fully saturated rings. The number of nitrogens with one attached hydrogen (secondary N) is 1. The molecule has 1 atom stereocenters. The Balaban J connectivity index is 1.37. The second-order valence-electron chi connectivity index (χ2n) is 9.21. The molecular weight excluding hydrogens is 424 g/mol. The number of likely N-dealkylation sites (tertiary alicyclic amines) is 1. The van der Waals surface area contributed by atoms with Crippen LogP contribution in [0.5, 0.6) is 0 Å². The third-order valence-electron chi connectivity index (χ3n) is 6.92. The summed E-state index contributed by atoms with van der Waals surface area (Å²) in [6, 6.07) is 7.72. The van der Waals surface area contributed by atoms with Crippen LogP contribution in [0.15, 0.2) is 35.4 Å². The maximum atomic E-state index is 13.1. The van der Waals surface area contributed by atoms with Gasteiger partial charge in [-0.15, -0.1) is 0 Å². The number of aromatic nitrogens is 1. The van der Waals surface area contributed by atoms with Crippen molar-refractivity contribution in [3.63, 3.8) is 0 Å². The average Bonchev–Trinajstić information content (AvgIpc) is 2.98. The SMILES string of the molecule is C[C@@H]1CCCCN1CCNC(=O)Cn1ccc2cc(S(=O)(=O)N3CCCCCC3)ccc21. The summed E-state index contributed by atoms with van der Waals surface area (Å²) in [4.78, 5) is 15.3. The molecule has 0 aliphatic carbocycles. The Bertz CT molecular complexity index is 1030. The maximum Gasteiger partial charge on any atom is 0.243 e. The smallest absolute Gasteiger partial charge is 0.243 e. The van der Waals surface area contributed by atoms with Crippen molar-refractivity contribution in [2.45, 2.75) is 69.4 Å². The molecule has 1 aromatic heterocycles. The van der Waals surface area contributed by atoms with Gasteiger partial charge in [0, 0.05) is 49.3 Å². The predicted octanol–water partition coefficient (Wildman–Crippen LogP) is 3.20. The van der Waals surface area contributed by atoms with Crippen molar-refractivity contribution in [2.75, 3.05) is 32.7 Å². The van der Waals surface area contributed by atoms with E-state index in [-0.39, 0.29) is 12.5 Å². The van der Waals surface area contributed by atoms with E-state index >= 15 is 0 Å². The monoisotopic (exact) mass is 460 g/mol. The lowest BCUT2D eigenvalue weighted by atomic mass is 10.0. The minimum absolute atomic E-state index is 0.0200. The second-order valence-corrected chi connectivity index (χ2v) is 11.2. The summed E-state index contributed by atoms with van der Waals surface area (Å²) in [5.41, 5.74) is 0.875. The van der Waals surface area contributed by atoms with Gasteiger partial charge < -0.3 is 9.88 Å². The first kappa shape index (κ1) is 23.3. The lowest BCUT2D eigenvalue weighted by Gasteiger charge is -2.33. The Morgan fingerprint density at radius 3 is 2.53 bits per heavy atom. The number of hydrogen-bond acceptors (Lipinski definition) is 4. The van der Waals surface area contributed by atoms with Crippen LogP contribution in [-0.4, -0.2) is 66.9 Å². The zero-order valence-corrected chi connectivity index (χ0v) is 19.9. The van der Waals surface area contributed by atoms with Gasteiger partial charge in [0.1, 0.15) is 6.54 Å². The highest BCUT2D eigenvalue weighted by Gasteiger charge is 2.25. The molecule has 0 bridgehead atoms. The van der Waals surface area contributed by atoms with Crippen LogP contribution in [0.3, 0.4) is 0 Å². The van der Waals surface area contributed by atoms with E-state index in [0.717, 1.165) is 49.7 Å². The zero-order chi connectivity index (χ0) is 22.6. The highest BCUT2D eigenvalue weighted by atomic mass is 32.2. The van der Waals surface area contributed by atoms with Gasteiger partial charge in [0.15, 0.2) is 0 Å². The Morgan fingerprint density at radius 2 is 1.78 bits per heavy atom. The first-order valence-electron chi connectivity index (χ1n) is 12.0. The number of carbonyl (C=O) groups is 1. The van der Waals surface area contributed by atoms with Crippen LogP contribution >= 0.6 is 0 Å². The normalized spacial score (nSPS) is 21.5. The number of piperidine rings is 1. The third kappa shape index (κ3) is 5.35. The molecule has 2 aliphatic rings. The fraction of sp³-hybridized carbons (Fsp3) is 0.625. The Hall–Kier alpha value is -1.90. The van der Waals surface area contributed by atoms with Crippen molar-refractivity contribution in [3.8, 4) is 0 Å². The first-order chi connectivity index (χ1) is 15.4. The fourth-order valence-electron chi connectivity index (χ4n) is 4.95. The average molecular weight is 461 g/mol. The Kier molecular flexibility index (Phi) is 7.53. The molecule has 0 unspecified atom stereocenters. The van der Waals surface area contributed by atoms with Crippen molar-refractivity contribution in [2.24, 2.45) is 0 Å². The van der Waals surface area contributed by atoms with Gasteiger partial charge in [-0.2, -0.15) is 4.31 Å². The lowest BCUT2D eigenvalue weighted by molar-refractivity contribution is -0.121. The standard InChI is InChI=1S/C24H36N4O3S/c1-20-8-4-7-13-26(20)17-12-25-24(29)19-27-16-11-21-18-22(9-10-23(21)27)32(30,31)28-14-5-2-3-6-15-28/h9-11,16,18,20H,2-8,12-15,17,19H2,1H3,(H,25,29)/t20-/m1/s1. The molecular formula is C24H36N4O3S. The van der Waals surface area contributed by atoms with E-state index in [1.54, 1.807) is 16.4 Å². The van der Waals surface area contributed by atoms with Gasteiger partial charge in [-0.1, -0.05) is 19.3 Å². The van der Waals surface area contributed by atoms with Crippen molar-refractivity contribution in [1.82, 2.24) is 19.1 Å². The molecule has 2 saturated heterocycles. The van der Waals surface area contributed by atoms with Gasteiger partial charge in [0.05, 0.1) is 4.90 Å². The first-order valence-corrected chi connectivity index (χ1v) is 13.5. The van der Waals surface area contributed by atoms with E-state index in [4.69, 9.17) is 0 Å². The van der Waals surface area contributed by atoms with E-state index in [2.05, 4.69) is 17.1 Å². The van der Waals surface area contributed by atoms with Crippen LogP contribution in [0, 0.1) is 0 Å². The molecule has 7 nitrogen and oxygen atoms in total. The molecule has 1 N–H and O–H groups in total. The molecule has 176 valence electrons. The molecule has 32 heavy (non-hydrogen) atoms. The van der Waals surface area contributed by atoms with Crippen molar-refractivity contribution < 1.29 is 13.2 Å². The summed E-state index contributed by atoms with van der Waals surface area (Å²) in [6.45, 7) is 6.33. The number of rotatable bonds is 7. The minimum atomic E-state index is -3.48. The van der Waals surface area contributed by atoms with Crippen molar-refractivity contribution in [3.05, 3.63) is 30.5 Å². The van der Waals surface area contributed by atoms with Crippen LogP contribution in [-0.2, 0) is 21.4 Å². The number of amides is 1. The van der Waals surface area contributed by atoms with Gasteiger partial charge in [0.25, 0.3) is 0 Å². The number of hydrogen-bond donors (Lipinski definition) is 1. The van der Waals surface area contributed by atoms with Gasteiger partial charge in [-0.25, -0.2) is 8.42 Å². The van der Waals surface area contributed by atoms with Crippen LogP contribution in [0.1, 0.15) is 51.9 Å². The molecule has 8 heteroatoms. The minimum Gasteiger partial charge on any atom is -0.353 e. The fourth-order valence-corrected chi connectivity index (χ4v) is 6.50. The number of sulfonamides is 1. The number of benzene rings is 1. The van der Waals surface area contributed by atoms with E-state index < -0.39 is 10.0 Å². The lowest BCUT2D eigenvalue weighted by Crippen LogP contribution is -2.42. The molecule has 2 aliphatic heterocycles. The molecule has 1 amide bonds. The van der Waals surface area contributed by atoms with Crippen LogP contribution in [0.25, 0.3) is 10.9 Å². The van der Waals surface area contributed by atoms with Gasteiger partial charge >= 0.3 is 0 Å². The van der Waals surface area contributed by atoms with Crippen molar-refractivity contribution in [1.29, 1.82) is 0 Å². The molecule has 0 saturated carbocycles. The second kappa shape index (κ2) is 10.4. The Labute approximate surface area is 191 Å². The highest BCUT2D eigenvalue weighted by Crippen LogP contribution is 2.25. The number of nitrogens with zero attached hydrogens (tertiary/aromatic N) is 3. The van der Waals surface area contributed by atoms with Crippen LogP contribution in [0.2, 0.25) is 0 Å². The number of carbonyl (C=O) groups excluding carboxylic acids is 1.